The highest BCUT2D eigenvalue weighted by Crippen LogP contribution is 2.43. The standard InChI is InChI=1S/C24H34N2/c1-2-4-20(5-3-1)21-8-10-24(11-9-21)26-14-12-25(13-15-26)18-23-17-19-6-7-22(23)16-19/h1-7,19,21-24H,8-18H2/t19-,21?,22+,23-,24?/m1/s1. The summed E-state index contributed by atoms with van der Waals surface area (Å²) in [4.78, 5) is 5.59. The van der Waals surface area contributed by atoms with Crippen molar-refractivity contribution in [1.29, 1.82) is 0 Å². The summed E-state index contributed by atoms with van der Waals surface area (Å²) in [6.07, 6.45) is 13.5. The van der Waals surface area contributed by atoms with Crippen molar-refractivity contribution in [1.82, 2.24) is 9.80 Å². The maximum atomic E-state index is 2.82. The molecule has 0 amide bonds. The minimum atomic E-state index is 0.805. The van der Waals surface area contributed by atoms with Gasteiger partial charge in [-0.25, -0.2) is 0 Å². The highest BCUT2D eigenvalue weighted by molar-refractivity contribution is 5.20. The van der Waals surface area contributed by atoms with Crippen molar-refractivity contribution in [2.45, 2.75) is 50.5 Å². The van der Waals surface area contributed by atoms with Crippen LogP contribution in [0.2, 0.25) is 0 Å². The Morgan fingerprint density at radius 2 is 1.58 bits per heavy atom. The molecule has 0 N–H and O–H groups in total. The van der Waals surface area contributed by atoms with E-state index in [1.165, 1.54) is 71.2 Å². The van der Waals surface area contributed by atoms with Gasteiger partial charge in [-0.2, -0.15) is 0 Å². The largest absolute Gasteiger partial charge is 0.300 e. The average Bonchev–Trinajstić information content (AvgIpc) is 3.33. The lowest BCUT2D eigenvalue weighted by molar-refractivity contribution is 0.0661. The first-order valence-electron chi connectivity index (χ1n) is 11.0. The van der Waals surface area contributed by atoms with E-state index >= 15 is 0 Å². The van der Waals surface area contributed by atoms with Crippen molar-refractivity contribution in [3.8, 4) is 0 Å². The molecule has 0 spiro atoms. The molecule has 2 bridgehead atoms. The third kappa shape index (κ3) is 3.51. The molecule has 3 atom stereocenters. The number of rotatable bonds is 4. The Labute approximate surface area is 159 Å². The maximum Gasteiger partial charge on any atom is 0.0113 e. The van der Waals surface area contributed by atoms with Crippen LogP contribution in [0.5, 0.6) is 0 Å². The van der Waals surface area contributed by atoms with Crippen LogP contribution in [-0.2, 0) is 0 Å². The lowest BCUT2D eigenvalue weighted by atomic mass is 9.81. The van der Waals surface area contributed by atoms with Crippen LogP contribution in [0.4, 0.5) is 0 Å². The third-order valence-corrected chi connectivity index (χ3v) is 7.80. The second-order valence-electron chi connectivity index (χ2n) is 9.29. The normalized spacial score (nSPS) is 38.1. The van der Waals surface area contributed by atoms with E-state index in [2.05, 4.69) is 52.3 Å². The molecule has 1 aliphatic heterocycles. The Morgan fingerprint density at radius 3 is 2.23 bits per heavy atom. The van der Waals surface area contributed by atoms with Crippen LogP contribution in [0, 0.1) is 17.8 Å². The molecule has 0 unspecified atom stereocenters. The number of hydrogen-bond acceptors (Lipinski definition) is 2. The van der Waals surface area contributed by atoms with Crippen LogP contribution >= 0.6 is 0 Å². The van der Waals surface area contributed by atoms with Crippen molar-refractivity contribution >= 4 is 0 Å². The summed E-state index contributed by atoms with van der Waals surface area (Å²) in [5.41, 5.74) is 1.57. The summed E-state index contributed by atoms with van der Waals surface area (Å²) in [7, 11) is 0. The first-order valence-corrected chi connectivity index (χ1v) is 11.0. The molecule has 1 heterocycles. The fourth-order valence-corrected chi connectivity index (χ4v) is 6.25. The second-order valence-corrected chi connectivity index (χ2v) is 9.29. The van der Waals surface area contributed by atoms with Crippen molar-refractivity contribution in [3.05, 3.63) is 48.0 Å². The van der Waals surface area contributed by atoms with Crippen LogP contribution in [0.3, 0.4) is 0 Å². The Bertz CT molecular complexity index is 608. The Hall–Kier alpha value is -1.12. The molecule has 2 heteroatoms. The van der Waals surface area contributed by atoms with Gasteiger partial charge in [0.1, 0.15) is 0 Å². The molecule has 140 valence electrons. The van der Waals surface area contributed by atoms with Gasteiger partial charge in [-0.1, -0.05) is 42.5 Å². The van der Waals surface area contributed by atoms with Gasteiger partial charge in [-0.05, 0) is 67.8 Å². The fourth-order valence-electron chi connectivity index (χ4n) is 6.25. The van der Waals surface area contributed by atoms with E-state index in [9.17, 15) is 0 Å². The van der Waals surface area contributed by atoms with E-state index in [0.717, 1.165) is 29.7 Å². The van der Waals surface area contributed by atoms with Crippen LogP contribution < -0.4 is 0 Å². The lowest BCUT2D eigenvalue weighted by Crippen LogP contribution is -2.52. The van der Waals surface area contributed by atoms with Crippen molar-refractivity contribution < 1.29 is 0 Å². The first kappa shape index (κ1) is 17.0. The summed E-state index contributed by atoms with van der Waals surface area (Å²) < 4.78 is 0. The highest BCUT2D eigenvalue weighted by atomic mass is 15.3. The summed E-state index contributed by atoms with van der Waals surface area (Å²) >= 11 is 0. The summed E-state index contributed by atoms with van der Waals surface area (Å²) in [6.45, 7) is 6.57. The zero-order chi connectivity index (χ0) is 17.3. The topological polar surface area (TPSA) is 6.48 Å². The number of benzene rings is 1. The van der Waals surface area contributed by atoms with Crippen molar-refractivity contribution in [3.63, 3.8) is 0 Å². The zero-order valence-electron chi connectivity index (χ0n) is 16.1. The van der Waals surface area contributed by atoms with Gasteiger partial charge in [0.05, 0.1) is 0 Å². The van der Waals surface area contributed by atoms with Gasteiger partial charge in [-0.15, -0.1) is 0 Å². The number of allylic oxidation sites excluding steroid dienone is 2. The van der Waals surface area contributed by atoms with Gasteiger partial charge in [-0.3, -0.25) is 4.90 Å². The predicted octanol–water partition coefficient (Wildman–Crippen LogP) is 4.54. The molecular formula is C24H34N2. The minimum absolute atomic E-state index is 0.805. The van der Waals surface area contributed by atoms with E-state index in [0.29, 0.717) is 0 Å². The SMILES string of the molecule is C1=C[C@H]2C[C@@H]1C[C@@H]2CN1CCN(C2CCC(c3ccccc3)CC2)CC1. The van der Waals surface area contributed by atoms with Gasteiger partial charge in [0.15, 0.2) is 0 Å². The number of fused-ring (bicyclic) bond motifs is 2. The van der Waals surface area contributed by atoms with E-state index in [1.807, 2.05) is 0 Å². The highest BCUT2D eigenvalue weighted by Gasteiger charge is 2.37. The fraction of sp³-hybridized carbons (Fsp3) is 0.667. The van der Waals surface area contributed by atoms with E-state index in [1.54, 1.807) is 5.56 Å². The molecule has 3 aliphatic carbocycles. The van der Waals surface area contributed by atoms with Crippen LogP contribution in [0.15, 0.2) is 42.5 Å². The van der Waals surface area contributed by atoms with Gasteiger partial charge in [0.25, 0.3) is 0 Å². The monoisotopic (exact) mass is 350 g/mol. The average molecular weight is 351 g/mol. The quantitative estimate of drug-likeness (QED) is 0.736. The zero-order valence-corrected chi connectivity index (χ0v) is 16.1. The first-order chi connectivity index (χ1) is 12.8. The molecular weight excluding hydrogens is 316 g/mol. The van der Waals surface area contributed by atoms with Crippen molar-refractivity contribution in [2.24, 2.45) is 17.8 Å². The van der Waals surface area contributed by atoms with Crippen LogP contribution in [0.1, 0.15) is 50.0 Å². The molecule has 1 saturated heterocycles. The lowest BCUT2D eigenvalue weighted by Gasteiger charge is -2.43. The van der Waals surface area contributed by atoms with E-state index < -0.39 is 0 Å². The smallest absolute Gasteiger partial charge is 0.0113 e. The summed E-state index contributed by atoms with van der Waals surface area (Å²) in [5.74, 6) is 3.59. The molecule has 4 aliphatic rings. The molecule has 5 rings (SSSR count). The van der Waals surface area contributed by atoms with Crippen LogP contribution in [0.25, 0.3) is 0 Å². The van der Waals surface area contributed by atoms with Crippen LogP contribution in [-0.4, -0.2) is 48.6 Å². The maximum absolute atomic E-state index is 2.82. The molecule has 1 aromatic carbocycles. The number of nitrogens with zero attached hydrogens (tertiary/aromatic N) is 2. The molecule has 0 aromatic heterocycles. The minimum Gasteiger partial charge on any atom is -0.300 e. The van der Waals surface area contributed by atoms with Gasteiger partial charge >= 0.3 is 0 Å². The van der Waals surface area contributed by atoms with Crippen molar-refractivity contribution in [2.75, 3.05) is 32.7 Å². The molecule has 2 nitrogen and oxygen atoms in total. The van der Waals surface area contributed by atoms with Gasteiger partial charge in [0.2, 0.25) is 0 Å². The molecule has 26 heavy (non-hydrogen) atoms. The van der Waals surface area contributed by atoms with E-state index in [-0.39, 0.29) is 0 Å². The van der Waals surface area contributed by atoms with Gasteiger partial charge < -0.3 is 4.90 Å². The summed E-state index contributed by atoms with van der Waals surface area (Å²) in [6, 6.07) is 12.0. The second kappa shape index (κ2) is 7.48. The molecule has 2 saturated carbocycles. The summed E-state index contributed by atoms with van der Waals surface area (Å²) in [5, 5.41) is 0. The number of piperazine rings is 1. The molecule has 0 radical (unpaired) electrons. The Morgan fingerprint density at radius 1 is 0.808 bits per heavy atom. The molecule has 1 aromatic rings. The van der Waals surface area contributed by atoms with Gasteiger partial charge in [0, 0.05) is 38.8 Å². The Balaban J connectivity index is 1.07. The third-order valence-electron chi connectivity index (χ3n) is 7.80. The predicted molar refractivity (Wildman–Crippen MR) is 108 cm³/mol. The number of hydrogen-bond donors (Lipinski definition) is 0. The van der Waals surface area contributed by atoms with E-state index in [4.69, 9.17) is 0 Å². The molecule has 3 fully saturated rings. The Kier molecular flexibility index (Phi) is 4.89.